The molecule has 0 atom stereocenters. The summed E-state index contributed by atoms with van der Waals surface area (Å²) >= 11 is 3.77. The number of thioether (sulfide) groups is 1. The Morgan fingerprint density at radius 1 is 1.31 bits per heavy atom. The first-order chi connectivity index (χ1) is 15.2. The van der Waals surface area contributed by atoms with Crippen molar-refractivity contribution in [3.63, 3.8) is 0 Å². The Balaban J connectivity index is 1.76. The molecule has 0 aliphatic heterocycles. The van der Waals surface area contributed by atoms with Crippen LogP contribution in [0, 0.1) is 6.92 Å². The monoisotopic (exact) mass is 493 g/mol. The number of esters is 1. The molecule has 170 valence electrons. The number of rotatable bonds is 9. The molecule has 0 unspecified atom stereocenters. The zero-order chi connectivity index (χ0) is 23.4. The molecule has 3 aromatic rings. The van der Waals surface area contributed by atoms with E-state index in [4.69, 9.17) is 10.5 Å². The normalized spacial score (nSPS) is 11.0. The van der Waals surface area contributed by atoms with E-state index in [0.717, 1.165) is 22.0 Å². The van der Waals surface area contributed by atoms with Crippen molar-refractivity contribution in [1.29, 1.82) is 0 Å². The number of primary amides is 1. The third-order valence-electron chi connectivity index (χ3n) is 4.28. The molecular formula is C20H23N5O4S3. The fraction of sp³-hybridized carbons (Fsp3) is 0.350. The lowest BCUT2D eigenvalue weighted by molar-refractivity contribution is -0.113. The maximum Gasteiger partial charge on any atom is 0.341 e. The second-order valence-electron chi connectivity index (χ2n) is 6.94. The smallest absolute Gasteiger partial charge is 0.341 e. The van der Waals surface area contributed by atoms with E-state index in [2.05, 4.69) is 15.5 Å². The van der Waals surface area contributed by atoms with Gasteiger partial charge >= 0.3 is 5.97 Å². The zero-order valence-corrected chi connectivity index (χ0v) is 20.4. The van der Waals surface area contributed by atoms with Crippen molar-refractivity contribution in [3.8, 4) is 10.7 Å². The van der Waals surface area contributed by atoms with Crippen molar-refractivity contribution in [1.82, 2.24) is 14.8 Å². The number of hydrogen-bond donors (Lipinski definition) is 2. The van der Waals surface area contributed by atoms with Gasteiger partial charge in [-0.2, -0.15) is 0 Å². The standard InChI is InChI=1S/C20H23N5O4S3/c1-5-25-17(12-7-6-8-30-12)23-24-20(25)31-9-13(26)22-18-14(19(28)29-10(2)3)11(4)15(32-18)16(21)27/h6-8,10H,5,9H2,1-4H3,(H2,21,27)(H,22,26). The van der Waals surface area contributed by atoms with Crippen LogP contribution in [0.4, 0.5) is 5.00 Å². The number of hydrogen-bond acceptors (Lipinski definition) is 9. The number of anilines is 1. The molecule has 0 saturated heterocycles. The zero-order valence-electron chi connectivity index (χ0n) is 18.0. The summed E-state index contributed by atoms with van der Waals surface area (Å²) in [6, 6.07) is 3.91. The first kappa shape index (κ1) is 24.0. The summed E-state index contributed by atoms with van der Waals surface area (Å²) in [4.78, 5) is 38.2. The van der Waals surface area contributed by atoms with Crippen molar-refractivity contribution in [3.05, 3.63) is 33.5 Å². The van der Waals surface area contributed by atoms with E-state index in [1.165, 1.54) is 11.8 Å². The number of nitrogens with zero attached hydrogens (tertiary/aromatic N) is 3. The lowest BCUT2D eigenvalue weighted by atomic mass is 10.1. The fourth-order valence-corrected chi connectivity index (χ4v) is 5.50. The van der Waals surface area contributed by atoms with Gasteiger partial charge in [-0.3, -0.25) is 9.59 Å². The summed E-state index contributed by atoms with van der Waals surface area (Å²) in [7, 11) is 0. The first-order valence-corrected chi connectivity index (χ1v) is 12.4. The number of nitrogens with two attached hydrogens (primary N) is 1. The summed E-state index contributed by atoms with van der Waals surface area (Å²) < 4.78 is 7.21. The molecule has 3 rings (SSSR count). The highest BCUT2D eigenvalue weighted by Crippen LogP contribution is 2.34. The number of amides is 2. The summed E-state index contributed by atoms with van der Waals surface area (Å²) in [5.41, 5.74) is 5.96. The molecule has 3 N–H and O–H groups in total. The molecule has 32 heavy (non-hydrogen) atoms. The Morgan fingerprint density at radius 2 is 2.06 bits per heavy atom. The molecule has 3 heterocycles. The predicted molar refractivity (Wildman–Crippen MR) is 126 cm³/mol. The van der Waals surface area contributed by atoms with Crippen LogP contribution in [-0.2, 0) is 16.1 Å². The molecule has 0 radical (unpaired) electrons. The first-order valence-electron chi connectivity index (χ1n) is 9.76. The maximum atomic E-state index is 12.7. The highest BCUT2D eigenvalue weighted by atomic mass is 32.2. The highest BCUT2D eigenvalue weighted by Gasteiger charge is 2.26. The van der Waals surface area contributed by atoms with E-state index in [1.807, 2.05) is 29.0 Å². The van der Waals surface area contributed by atoms with Crippen LogP contribution in [0.15, 0.2) is 22.7 Å². The van der Waals surface area contributed by atoms with Crippen LogP contribution >= 0.6 is 34.4 Å². The molecule has 0 aliphatic carbocycles. The molecule has 3 aromatic heterocycles. The van der Waals surface area contributed by atoms with Crippen LogP contribution in [0.1, 0.15) is 46.4 Å². The van der Waals surface area contributed by atoms with Crippen LogP contribution in [-0.4, -0.2) is 44.4 Å². The molecule has 0 bridgehead atoms. The Labute approximate surface area is 197 Å². The molecular weight excluding hydrogens is 470 g/mol. The van der Waals surface area contributed by atoms with E-state index in [1.54, 1.807) is 32.1 Å². The minimum Gasteiger partial charge on any atom is -0.459 e. The minimum atomic E-state index is -0.668. The van der Waals surface area contributed by atoms with E-state index >= 15 is 0 Å². The molecule has 9 nitrogen and oxygen atoms in total. The van der Waals surface area contributed by atoms with Gasteiger partial charge < -0.3 is 20.4 Å². The van der Waals surface area contributed by atoms with Crippen molar-refractivity contribution >= 4 is 57.2 Å². The van der Waals surface area contributed by atoms with Gasteiger partial charge in [-0.1, -0.05) is 17.8 Å². The number of aromatic nitrogens is 3. The Bertz CT molecular complexity index is 1130. The van der Waals surface area contributed by atoms with Gasteiger partial charge in [0.05, 0.1) is 27.2 Å². The second kappa shape index (κ2) is 10.3. The number of carbonyl (C=O) groups excluding carboxylic acids is 3. The number of carbonyl (C=O) groups is 3. The molecule has 12 heteroatoms. The van der Waals surface area contributed by atoms with Gasteiger partial charge in [0.1, 0.15) is 5.00 Å². The van der Waals surface area contributed by atoms with Gasteiger partial charge in [-0.15, -0.1) is 32.9 Å². The van der Waals surface area contributed by atoms with E-state index in [0.29, 0.717) is 17.3 Å². The SMILES string of the molecule is CCn1c(SCC(=O)Nc2sc(C(N)=O)c(C)c2C(=O)OC(C)C)nnc1-c1cccs1. The quantitative estimate of drug-likeness (QED) is 0.343. The third kappa shape index (κ3) is 5.19. The summed E-state index contributed by atoms with van der Waals surface area (Å²) in [6.45, 7) is 7.68. The molecule has 0 saturated carbocycles. The molecule has 2 amide bonds. The predicted octanol–water partition coefficient (Wildman–Crippen LogP) is 3.79. The molecule has 0 aromatic carbocycles. The molecule has 0 spiro atoms. The van der Waals surface area contributed by atoms with Gasteiger partial charge in [0.25, 0.3) is 5.91 Å². The summed E-state index contributed by atoms with van der Waals surface area (Å²) in [5.74, 6) is -0.837. The van der Waals surface area contributed by atoms with Gasteiger partial charge in [0.2, 0.25) is 5.91 Å². The van der Waals surface area contributed by atoms with Crippen LogP contribution in [0.2, 0.25) is 0 Å². The Morgan fingerprint density at radius 3 is 2.66 bits per heavy atom. The Hall–Kier alpha value is -2.70. The van der Waals surface area contributed by atoms with Crippen LogP contribution in [0.5, 0.6) is 0 Å². The van der Waals surface area contributed by atoms with E-state index in [9.17, 15) is 14.4 Å². The van der Waals surface area contributed by atoms with Crippen molar-refractivity contribution < 1.29 is 19.1 Å². The van der Waals surface area contributed by atoms with E-state index < -0.39 is 11.9 Å². The topological polar surface area (TPSA) is 129 Å². The van der Waals surface area contributed by atoms with Crippen molar-refractivity contribution in [2.24, 2.45) is 5.73 Å². The second-order valence-corrected chi connectivity index (χ2v) is 9.85. The number of ether oxygens (including phenoxy) is 1. The van der Waals surface area contributed by atoms with Gasteiger partial charge in [0.15, 0.2) is 11.0 Å². The fourth-order valence-electron chi connectivity index (χ4n) is 2.92. The third-order valence-corrected chi connectivity index (χ3v) is 7.33. The van der Waals surface area contributed by atoms with E-state index in [-0.39, 0.29) is 33.2 Å². The highest BCUT2D eigenvalue weighted by molar-refractivity contribution is 7.99. The van der Waals surface area contributed by atoms with Gasteiger partial charge in [0, 0.05) is 6.54 Å². The average Bonchev–Trinajstić information content (AvgIpc) is 3.44. The van der Waals surface area contributed by atoms with Crippen molar-refractivity contribution in [2.45, 2.75) is 45.5 Å². The number of thiophene rings is 2. The van der Waals surface area contributed by atoms with Crippen LogP contribution < -0.4 is 11.1 Å². The largest absolute Gasteiger partial charge is 0.459 e. The maximum absolute atomic E-state index is 12.7. The van der Waals surface area contributed by atoms with Gasteiger partial charge in [-0.25, -0.2) is 4.79 Å². The lowest BCUT2D eigenvalue weighted by Gasteiger charge is -2.10. The van der Waals surface area contributed by atoms with Crippen molar-refractivity contribution in [2.75, 3.05) is 11.1 Å². The lowest BCUT2D eigenvalue weighted by Crippen LogP contribution is -2.18. The van der Waals surface area contributed by atoms with Crippen LogP contribution in [0.3, 0.4) is 0 Å². The number of nitrogens with one attached hydrogen (secondary N) is 1. The summed E-state index contributed by atoms with van der Waals surface area (Å²) in [6.07, 6.45) is -0.351. The average molecular weight is 494 g/mol. The Kier molecular flexibility index (Phi) is 7.69. The summed E-state index contributed by atoms with van der Waals surface area (Å²) in [5, 5.41) is 14.0. The minimum absolute atomic E-state index is 0.0457. The van der Waals surface area contributed by atoms with Gasteiger partial charge in [-0.05, 0) is 44.7 Å². The molecule has 0 fully saturated rings. The van der Waals surface area contributed by atoms with Crippen LogP contribution in [0.25, 0.3) is 10.7 Å². The molecule has 0 aliphatic rings.